The first-order chi connectivity index (χ1) is 8.06. The van der Waals surface area contributed by atoms with E-state index in [1.807, 2.05) is 0 Å². The zero-order valence-electron chi connectivity index (χ0n) is 10.4. The summed E-state index contributed by atoms with van der Waals surface area (Å²) >= 11 is 0. The fourth-order valence-corrected chi connectivity index (χ4v) is 1.85. The molecule has 0 saturated heterocycles. The van der Waals surface area contributed by atoms with Crippen molar-refractivity contribution >= 4 is 20.3 Å². The molecule has 0 rings (SSSR count). The molecule has 0 spiro atoms. The van der Waals surface area contributed by atoms with Gasteiger partial charge in [-0.1, -0.05) is 5.16 Å². The van der Waals surface area contributed by atoms with E-state index in [0.717, 1.165) is 0 Å². The molecule has 0 aromatic rings. The number of aliphatic carboxylic acids is 1. The Morgan fingerprint density at radius 3 is 2.24 bits per heavy atom. The van der Waals surface area contributed by atoms with Crippen molar-refractivity contribution < 1.29 is 28.3 Å². The number of carboxylic acids is 1. The first-order valence-corrected chi connectivity index (χ1v) is 6.23. The van der Waals surface area contributed by atoms with Gasteiger partial charge in [0, 0.05) is 0 Å². The third kappa shape index (κ3) is 6.53. The quantitative estimate of drug-likeness (QED) is 0.389. The third-order valence-corrected chi connectivity index (χ3v) is 2.93. The number of rotatable bonds is 9. The van der Waals surface area contributed by atoms with Gasteiger partial charge in [-0.2, -0.15) is 0 Å². The minimum absolute atomic E-state index is 0.237. The summed E-state index contributed by atoms with van der Waals surface area (Å²) in [7, 11) is -0.301. The summed E-state index contributed by atoms with van der Waals surface area (Å²) in [5.41, 5.74) is -0.237. The fraction of sp³-hybridized carbons (Fsp3) is 0.778. The normalized spacial score (nSPS) is 13.8. The van der Waals surface area contributed by atoms with Crippen LogP contribution in [0.15, 0.2) is 5.16 Å². The average Bonchev–Trinajstić information content (AvgIpc) is 2.25. The highest BCUT2D eigenvalue weighted by molar-refractivity contribution is 7.41. The molecule has 0 amide bonds. The van der Waals surface area contributed by atoms with E-state index in [-0.39, 0.29) is 5.71 Å². The number of oxime groups is 1. The molecule has 0 aliphatic rings. The van der Waals surface area contributed by atoms with Crippen LogP contribution in [-0.4, -0.2) is 43.2 Å². The molecular weight excluding hydrogens is 249 g/mol. The molecule has 0 saturated carbocycles. The van der Waals surface area contributed by atoms with Gasteiger partial charge in [0.2, 0.25) is 0 Å². The predicted octanol–water partition coefficient (Wildman–Crippen LogP) is 1.78. The monoisotopic (exact) mass is 267 g/mol. The van der Waals surface area contributed by atoms with E-state index < -0.39 is 20.7 Å². The topological polar surface area (TPSA) is 86.6 Å². The lowest BCUT2D eigenvalue weighted by atomic mass is 10.2. The fourth-order valence-electron chi connectivity index (χ4n) is 0.873. The van der Waals surface area contributed by atoms with Crippen LogP contribution < -0.4 is 0 Å². The van der Waals surface area contributed by atoms with Gasteiger partial charge in [-0.15, -0.1) is 0 Å². The Hall–Kier alpha value is -0.750. The van der Waals surface area contributed by atoms with E-state index in [0.29, 0.717) is 13.2 Å². The molecule has 0 aromatic carbocycles. The van der Waals surface area contributed by atoms with Crippen LogP contribution in [0.2, 0.25) is 0 Å². The summed E-state index contributed by atoms with van der Waals surface area (Å²) in [4.78, 5) is 15.3. The standard InChI is InChI=1S/C9H18NO6P/c1-5-14-17(15-6-2)16-7(3)8(9(11)12)10-13-4/h7H,5-6H2,1-4H3,(H,11,12)/b10-8-. The van der Waals surface area contributed by atoms with Crippen LogP contribution in [0.5, 0.6) is 0 Å². The zero-order chi connectivity index (χ0) is 13.3. The van der Waals surface area contributed by atoms with Gasteiger partial charge in [0.05, 0.1) is 13.2 Å². The zero-order valence-corrected chi connectivity index (χ0v) is 11.3. The molecular formula is C9H18NO6P. The molecule has 0 aliphatic heterocycles. The number of hydrogen-bond donors (Lipinski definition) is 1. The Kier molecular flexibility index (Phi) is 8.89. The van der Waals surface area contributed by atoms with Crippen molar-refractivity contribution in [2.45, 2.75) is 26.9 Å². The average molecular weight is 267 g/mol. The van der Waals surface area contributed by atoms with Crippen LogP contribution >= 0.6 is 8.60 Å². The van der Waals surface area contributed by atoms with Crippen molar-refractivity contribution in [3.63, 3.8) is 0 Å². The van der Waals surface area contributed by atoms with Crippen molar-refractivity contribution in [1.29, 1.82) is 0 Å². The van der Waals surface area contributed by atoms with Crippen LogP contribution in [0.3, 0.4) is 0 Å². The molecule has 0 heterocycles. The lowest BCUT2D eigenvalue weighted by molar-refractivity contribution is -0.130. The van der Waals surface area contributed by atoms with Gasteiger partial charge in [0.15, 0.2) is 5.71 Å². The van der Waals surface area contributed by atoms with E-state index in [9.17, 15) is 4.79 Å². The van der Waals surface area contributed by atoms with Crippen LogP contribution in [0, 0.1) is 0 Å². The van der Waals surface area contributed by atoms with Gasteiger partial charge in [0.25, 0.3) is 0 Å². The van der Waals surface area contributed by atoms with E-state index in [1.165, 1.54) is 7.11 Å². The summed E-state index contributed by atoms with van der Waals surface area (Å²) < 4.78 is 15.7. The maximum atomic E-state index is 10.9. The summed E-state index contributed by atoms with van der Waals surface area (Å²) in [6.07, 6.45) is -0.781. The van der Waals surface area contributed by atoms with Crippen molar-refractivity contribution in [3.05, 3.63) is 0 Å². The van der Waals surface area contributed by atoms with Crippen molar-refractivity contribution in [2.75, 3.05) is 20.3 Å². The molecule has 0 aromatic heterocycles. The van der Waals surface area contributed by atoms with Gasteiger partial charge in [-0.05, 0) is 20.8 Å². The second-order valence-electron chi connectivity index (χ2n) is 2.77. The molecule has 1 atom stereocenters. The van der Waals surface area contributed by atoms with E-state index in [4.69, 9.17) is 18.7 Å². The van der Waals surface area contributed by atoms with Crippen molar-refractivity contribution in [3.8, 4) is 0 Å². The molecule has 1 N–H and O–H groups in total. The minimum atomic E-state index is -1.57. The third-order valence-electron chi connectivity index (χ3n) is 1.51. The van der Waals surface area contributed by atoms with E-state index >= 15 is 0 Å². The Labute approximate surface area is 102 Å². The van der Waals surface area contributed by atoms with Crippen LogP contribution in [-0.2, 0) is 23.2 Å². The first-order valence-electron chi connectivity index (χ1n) is 5.13. The lowest BCUT2D eigenvalue weighted by Gasteiger charge is -2.19. The first kappa shape index (κ1) is 16.2. The summed E-state index contributed by atoms with van der Waals surface area (Å²) in [5.74, 6) is -1.21. The largest absolute Gasteiger partial charge is 0.477 e. The molecule has 17 heavy (non-hydrogen) atoms. The van der Waals surface area contributed by atoms with Gasteiger partial charge >= 0.3 is 14.6 Å². The Bertz CT molecular complexity index is 254. The van der Waals surface area contributed by atoms with E-state index in [2.05, 4.69) is 9.99 Å². The summed E-state index contributed by atoms with van der Waals surface area (Å²) in [5, 5.41) is 12.3. The minimum Gasteiger partial charge on any atom is -0.477 e. The smallest absolute Gasteiger partial charge is 0.356 e. The van der Waals surface area contributed by atoms with E-state index in [1.54, 1.807) is 20.8 Å². The maximum absolute atomic E-state index is 10.9. The summed E-state index contributed by atoms with van der Waals surface area (Å²) in [6, 6.07) is 0. The summed E-state index contributed by atoms with van der Waals surface area (Å²) in [6.45, 7) is 5.97. The predicted molar refractivity (Wildman–Crippen MR) is 62.8 cm³/mol. The van der Waals surface area contributed by atoms with Crippen molar-refractivity contribution in [1.82, 2.24) is 0 Å². The maximum Gasteiger partial charge on any atom is 0.356 e. The highest BCUT2D eigenvalue weighted by Gasteiger charge is 2.25. The molecule has 7 nitrogen and oxygen atoms in total. The van der Waals surface area contributed by atoms with Crippen molar-refractivity contribution in [2.24, 2.45) is 5.16 Å². The van der Waals surface area contributed by atoms with Gasteiger partial charge in [-0.25, -0.2) is 4.79 Å². The molecule has 0 fully saturated rings. The van der Waals surface area contributed by atoms with Crippen LogP contribution in [0.1, 0.15) is 20.8 Å². The lowest BCUT2D eigenvalue weighted by Crippen LogP contribution is -2.28. The Morgan fingerprint density at radius 2 is 1.88 bits per heavy atom. The Balaban J connectivity index is 4.49. The van der Waals surface area contributed by atoms with Gasteiger partial charge in [-0.3, -0.25) is 0 Å². The molecule has 100 valence electrons. The van der Waals surface area contributed by atoms with Gasteiger partial charge in [0.1, 0.15) is 13.2 Å². The molecule has 1 unspecified atom stereocenters. The van der Waals surface area contributed by atoms with Gasteiger partial charge < -0.3 is 23.5 Å². The second-order valence-corrected chi connectivity index (χ2v) is 3.95. The highest BCUT2D eigenvalue weighted by Crippen LogP contribution is 2.40. The molecule has 0 radical (unpaired) electrons. The Morgan fingerprint density at radius 1 is 1.35 bits per heavy atom. The number of hydrogen-bond acceptors (Lipinski definition) is 6. The second kappa shape index (κ2) is 9.30. The van der Waals surface area contributed by atoms with Crippen LogP contribution in [0.4, 0.5) is 0 Å². The highest BCUT2D eigenvalue weighted by atomic mass is 31.2. The molecule has 0 bridgehead atoms. The number of carboxylic acid groups (broad SMARTS) is 1. The molecule has 0 aliphatic carbocycles. The number of nitrogens with zero attached hydrogens (tertiary/aromatic N) is 1. The SMILES string of the molecule is CCOP(OCC)OC(C)/C(=N/OC)C(=O)O. The van der Waals surface area contributed by atoms with Crippen LogP contribution in [0.25, 0.3) is 0 Å². The number of carbonyl (C=O) groups is 1. The molecule has 8 heteroatoms.